The van der Waals surface area contributed by atoms with Gasteiger partial charge in [-0.15, -0.1) is 0 Å². The normalized spacial score (nSPS) is 9.92. The summed E-state index contributed by atoms with van der Waals surface area (Å²) in [5, 5.41) is 3.40. The number of anilines is 1. The van der Waals surface area contributed by atoms with Crippen LogP contribution in [-0.4, -0.2) is 6.54 Å². The topological polar surface area (TPSA) is 12.0 Å². The molecule has 0 bridgehead atoms. The molecule has 1 aromatic rings. The molecule has 0 aliphatic heterocycles. The summed E-state index contributed by atoms with van der Waals surface area (Å²) >= 11 is 2.33. The number of aryl methyl sites for hydroxylation is 1. The highest BCUT2D eigenvalue weighted by Crippen LogP contribution is 2.17. The van der Waals surface area contributed by atoms with E-state index >= 15 is 0 Å². The third-order valence-electron chi connectivity index (χ3n) is 1.77. The Hall–Kier alpha value is -0.250. The Morgan fingerprint density at radius 1 is 1.42 bits per heavy atom. The first-order valence-electron chi connectivity index (χ1n) is 4.24. The van der Waals surface area contributed by atoms with E-state index in [1.165, 1.54) is 21.2 Å². The van der Waals surface area contributed by atoms with Crippen molar-refractivity contribution >= 4 is 28.3 Å². The van der Waals surface area contributed by atoms with E-state index in [2.05, 4.69) is 60.0 Å². The number of benzene rings is 1. The standard InChI is InChI=1S/C10H14IN/c1-3-6-12-10-7-9(11)5-4-8(10)2/h4-5,7,12H,3,6H2,1-2H3. The van der Waals surface area contributed by atoms with Crippen molar-refractivity contribution in [2.24, 2.45) is 0 Å². The van der Waals surface area contributed by atoms with E-state index in [1.807, 2.05) is 0 Å². The maximum absolute atomic E-state index is 3.40. The lowest BCUT2D eigenvalue weighted by Gasteiger charge is -2.08. The number of hydrogen-bond donors (Lipinski definition) is 1. The summed E-state index contributed by atoms with van der Waals surface area (Å²) in [6.45, 7) is 5.37. The van der Waals surface area contributed by atoms with Crippen molar-refractivity contribution in [2.45, 2.75) is 20.3 Å². The van der Waals surface area contributed by atoms with Gasteiger partial charge in [0.15, 0.2) is 0 Å². The Kier molecular flexibility index (Phi) is 3.85. The molecular formula is C10H14IN. The minimum Gasteiger partial charge on any atom is -0.385 e. The fourth-order valence-corrected chi connectivity index (χ4v) is 1.54. The van der Waals surface area contributed by atoms with Gasteiger partial charge in [0.25, 0.3) is 0 Å². The third kappa shape index (κ3) is 2.66. The molecule has 1 nitrogen and oxygen atoms in total. The summed E-state index contributed by atoms with van der Waals surface area (Å²) in [5.41, 5.74) is 2.59. The first-order chi connectivity index (χ1) is 5.74. The molecule has 12 heavy (non-hydrogen) atoms. The molecule has 0 radical (unpaired) electrons. The largest absolute Gasteiger partial charge is 0.385 e. The molecule has 1 N–H and O–H groups in total. The SMILES string of the molecule is CCCNc1cc(I)ccc1C. The molecule has 0 fully saturated rings. The predicted octanol–water partition coefficient (Wildman–Crippen LogP) is 3.42. The summed E-state index contributed by atoms with van der Waals surface area (Å²) in [4.78, 5) is 0. The van der Waals surface area contributed by atoms with Crippen LogP contribution >= 0.6 is 22.6 Å². The zero-order valence-electron chi connectivity index (χ0n) is 7.52. The van der Waals surface area contributed by atoms with Crippen molar-refractivity contribution in [1.82, 2.24) is 0 Å². The molecule has 2 heteroatoms. The van der Waals surface area contributed by atoms with E-state index < -0.39 is 0 Å². The molecule has 0 saturated carbocycles. The van der Waals surface area contributed by atoms with Crippen LogP contribution in [0.4, 0.5) is 5.69 Å². The summed E-state index contributed by atoms with van der Waals surface area (Å²) in [6, 6.07) is 6.47. The van der Waals surface area contributed by atoms with Gasteiger partial charge in [-0.3, -0.25) is 0 Å². The lowest BCUT2D eigenvalue weighted by atomic mass is 10.2. The van der Waals surface area contributed by atoms with Gasteiger partial charge in [0, 0.05) is 15.8 Å². The minimum atomic E-state index is 1.06. The van der Waals surface area contributed by atoms with Crippen molar-refractivity contribution in [1.29, 1.82) is 0 Å². The number of rotatable bonds is 3. The highest BCUT2D eigenvalue weighted by molar-refractivity contribution is 14.1. The van der Waals surface area contributed by atoms with Crippen molar-refractivity contribution in [3.05, 3.63) is 27.3 Å². The van der Waals surface area contributed by atoms with Crippen LogP contribution in [0.5, 0.6) is 0 Å². The summed E-state index contributed by atoms with van der Waals surface area (Å²) in [5.74, 6) is 0. The Morgan fingerprint density at radius 2 is 2.17 bits per heavy atom. The lowest BCUT2D eigenvalue weighted by Crippen LogP contribution is -2.01. The summed E-state index contributed by atoms with van der Waals surface area (Å²) in [7, 11) is 0. The van der Waals surface area contributed by atoms with Crippen molar-refractivity contribution in [3.8, 4) is 0 Å². The number of halogens is 1. The van der Waals surface area contributed by atoms with Crippen LogP contribution in [0, 0.1) is 10.5 Å². The molecule has 0 amide bonds. The quantitative estimate of drug-likeness (QED) is 0.833. The number of nitrogens with one attached hydrogen (secondary N) is 1. The van der Waals surface area contributed by atoms with Crippen LogP contribution in [-0.2, 0) is 0 Å². The van der Waals surface area contributed by atoms with Gasteiger partial charge in [-0.05, 0) is 53.6 Å². The predicted molar refractivity (Wildman–Crippen MR) is 62.7 cm³/mol. The Morgan fingerprint density at radius 3 is 2.83 bits per heavy atom. The zero-order valence-corrected chi connectivity index (χ0v) is 9.68. The van der Waals surface area contributed by atoms with E-state index in [4.69, 9.17) is 0 Å². The van der Waals surface area contributed by atoms with Gasteiger partial charge >= 0.3 is 0 Å². The van der Waals surface area contributed by atoms with E-state index in [0.29, 0.717) is 0 Å². The average Bonchev–Trinajstić information content (AvgIpc) is 2.07. The monoisotopic (exact) mass is 275 g/mol. The zero-order chi connectivity index (χ0) is 8.97. The van der Waals surface area contributed by atoms with Crippen LogP contribution in [0.3, 0.4) is 0 Å². The van der Waals surface area contributed by atoms with Gasteiger partial charge in [0.2, 0.25) is 0 Å². The van der Waals surface area contributed by atoms with E-state index in [1.54, 1.807) is 0 Å². The van der Waals surface area contributed by atoms with Gasteiger partial charge in [0.05, 0.1) is 0 Å². The van der Waals surface area contributed by atoms with Crippen molar-refractivity contribution in [2.75, 3.05) is 11.9 Å². The minimum absolute atomic E-state index is 1.06. The second-order valence-corrected chi connectivity index (χ2v) is 4.13. The van der Waals surface area contributed by atoms with Crippen molar-refractivity contribution in [3.63, 3.8) is 0 Å². The molecule has 1 aromatic carbocycles. The third-order valence-corrected chi connectivity index (χ3v) is 2.44. The maximum atomic E-state index is 3.40. The summed E-state index contributed by atoms with van der Waals surface area (Å²) in [6.07, 6.45) is 1.17. The second kappa shape index (κ2) is 4.70. The lowest BCUT2D eigenvalue weighted by molar-refractivity contribution is 0.977. The first-order valence-corrected chi connectivity index (χ1v) is 5.32. The molecule has 0 aromatic heterocycles. The molecular weight excluding hydrogens is 261 g/mol. The fourth-order valence-electron chi connectivity index (χ4n) is 1.04. The van der Waals surface area contributed by atoms with Crippen LogP contribution in [0.2, 0.25) is 0 Å². The van der Waals surface area contributed by atoms with Crippen molar-refractivity contribution < 1.29 is 0 Å². The Balaban J connectivity index is 2.75. The molecule has 0 aliphatic rings. The molecule has 1 rings (SSSR count). The van der Waals surface area contributed by atoms with Gasteiger partial charge in [-0.2, -0.15) is 0 Å². The highest BCUT2D eigenvalue weighted by atomic mass is 127. The smallest absolute Gasteiger partial charge is 0.0380 e. The molecule has 0 atom stereocenters. The van der Waals surface area contributed by atoms with E-state index in [-0.39, 0.29) is 0 Å². The molecule has 0 saturated heterocycles. The Labute approximate surface area is 87.7 Å². The molecule has 0 spiro atoms. The van der Waals surface area contributed by atoms with Crippen LogP contribution in [0.25, 0.3) is 0 Å². The van der Waals surface area contributed by atoms with Gasteiger partial charge in [-0.25, -0.2) is 0 Å². The Bertz CT molecular complexity index is 258. The number of hydrogen-bond acceptors (Lipinski definition) is 1. The first kappa shape index (κ1) is 9.84. The molecule has 66 valence electrons. The molecule has 0 unspecified atom stereocenters. The second-order valence-electron chi connectivity index (χ2n) is 2.89. The average molecular weight is 275 g/mol. The summed E-state index contributed by atoms with van der Waals surface area (Å²) < 4.78 is 1.29. The van der Waals surface area contributed by atoms with Crippen LogP contribution in [0.15, 0.2) is 18.2 Å². The molecule has 0 aliphatic carbocycles. The van der Waals surface area contributed by atoms with E-state index in [0.717, 1.165) is 6.54 Å². The van der Waals surface area contributed by atoms with Gasteiger partial charge in [-0.1, -0.05) is 13.0 Å². The van der Waals surface area contributed by atoms with E-state index in [9.17, 15) is 0 Å². The van der Waals surface area contributed by atoms with Gasteiger partial charge < -0.3 is 5.32 Å². The highest BCUT2D eigenvalue weighted by Gasteiger charge is 1.96. The van der Waals surface area contributed by atoms with Crippen LogP contribution in [0.1, 0.15) is 18.9 Å². The molecule has 0 heterocycles. The van der Waals surface area contributed by atoms with Crippen LogP contribution < -0.4 is 5.32 Å². The van der Waals surface area contributed by atoms with Gasteiger partial charge in [0.1, 0.15) is 0 Å². The fraction of sp³-hybridized carbons (Fsp3) is 0.400. The maximum Gasteiger partial charge on any atom is 0.0380 e.